The van der Waals surface area contributed by atoms with Gasteiger partial charge in [0.1, 0.15) is 5.82 Å². The molecule has 2 N–H and O–H groups in total. The molecule has 1 aromatic rings. The molecule has 1 saturated carbocycles. The van der Waals surface area contributed by atoms with Crippen LogP contribution in [0.2, 0.25) is 0 Å². The zero-order valence-corrected chi connectivity index (χ0v) is 11.1. The van der Waals surface area contributed by atoms with Gasteiger partial charge in [-0.3, -0.25) is 9.59 Å². The van der Waals surface area contributed by atoms with Gasteiger partial charge in [0.05, 0.1) is 0 Å². The molecule has 0 unspecified atom stereocenters. The van der Waals surface area contributed by atoms with Gasteiger partial charge in [-0.05, 0) is 31.9 Å². The highest BCUT2D eigenvalue weighted by atomic mass is 16.2. The predicted octanol–water partition coefficient (Wildman–Crippen LogP) is 1.78. The van der Waals surface area contributed by atoms with E-state index in [1.54, 1.807) is 12.1 Å². The molecule has 102 valence electrons. The number of nitrogens with zero attached hydrogens (tertiary/aromatic N) is 1. The van der Waals surface area contributed by atoms with Crippen LogP contribution in [0.15, 0.2) is 18.2 Å². The zero-order valence-electron chi connectivity index (χ0n) is 11.1. The SMILES string of the molecule is Cc1cccc(NC(=O)C(=O)NC2CCCCC2)n1. The van der Waals surface area contributed by atoms with E-state index in [1.165, 1.54) is 6.42 Å². The van der Waals surface area contributed by atoms with E-state index < -0.39 is 11.8 Å². The highest BCUT2D eigenvalue weighted by Gasteiger charge is 2.20. The van der Waals surface area contributed by atoms with E-state index in [0.29, 0.717) is 5.82 Å². The summed E-state index contributed by atoms with van der Waals surface area (Å²) >= 11 is 0. The van der Waals surface area contributed by atoms with Gasteiger partial charge in [0, 0.05) is 11.7 Å². The maximum atomic E-state index is 11.7. The molecule has 1 fully saturated rings. The molecule has 0 aliphatic heterocycles. The van der Waals surface area contributed by atoms with Crippen molar-refractivity contribution in [1.29, 1.82) is 0 Å². The maximum Gasteiger partial charge on any atom is 0.314 e. The van der Waals surface area contributed by atoms with Crippen molar-refractivity contribution in [2.45, 2.75) is 45.1 Å². The number of amides is 2. The molecular formula is C14H19N3O2. The van der Waals surface area contributed by atoms with E-state index in [1.807, 2.05) is 13.0 Å². The second-order valence-electron chi connectivity index (χ2n) is 4.93. The molecule has 19 heavy (non-hydrogen) atoms. The van der Waals surface area contributed by atoms with Crippen molar-refractivity contribution >= 4 is 17.6 Å². The fourth-order valence-corrected chi connectivity index (χ4v) is 2.28. The Balaban J connectivity index is 1.86. The molecule has 0 bridgehead atoms. The van der Waals surface area contributed by atoms with Crippen molar-refractivity contribution in [3.8, 4) is 0 Å². The van der Waals surface area contributed by atoms with E-state index in [4.69, 9.17) is 0 Å². The average Bonchev–Trinajstić information content (AvgIpc) is 2.40. The van der Waals surface area contributed by atoms with Crippen LogP contribution in [0.5, 0.6) is 0 Å². The van der Waals surface area contributed by atoms with Crippen LogP contribution in [0, 0.1) is 6.92 Å². The molecule has 0 aromatic carbocycles. The zero-order chi connectivity index (χ0) is 13.7. The Morgan fingerprint density at radius 2 is 1.89 bits per heavy atom. The molecule has 1 aromatic heterocycles. The molecule has 1 aliphatic carbocycles. The first-order valence-corrected chi connectivity index (χ1v) is 6.70. The topological polar surface area (TPSA) is 71.1 Å². The number of rotatable bonds is 2. The monoisotopic (exact) mass is 261 g/mol. The highest BCUT2D eigenvalue weighted by molar-refractivity contribution is 6.39. The Bertz CT molecular complexity index is 468. The minimum Gasteiger partial charge on any atom is -0.345 e. The average molecular weight is 261 g/mol. The van der Waals surface area contributed by atoms with E-state index in [2.05, 4.69) is 15.6 Å². The van der Waals surface area contributed by atoms with Gasteiger partial charge in [0.15, 0.2) is 0 Å². The number of hydrogen-bond donors (Lipinski definition) is 2. The summed E-state index contributed by atoms with van der Waals surface area (Å²) in [7, 11) is 0. The van der Waals surface area contributed by atoms with Crippen molar-refractivity contribution < 1.29 is 9.59 Å². The highest BCUT2D eigenvalue weighted by Crippen LogP contribution is 2.17. The number of pyridine rings is 1. The fourth-order valence-electron chi connectivity index (χ4n) is 2.28. The van der Waals surface area contributed by atoms with Crippen LogP contribution in [0.3, 0.4) is 0 Å². The number of carbonyl (C=O) groups is 2. The first-order chi connectivity index (χ1) is 9.15. The summed E-state index contributed by atoms with van der Waals surface area (Å²) in [5.41, 5.74) is 0.797. The third-order valence-corrected chi connectivity index (χ3v) is 3.28. The summed E-state index contributed by atoms with van der Waals surface area (Å²) in [5, 5.41) is 5.28. The molecule has 1 aliphatic rings. The summed E-state index contributed by atoms with van der Waals surface area (Å²) in [5.74, 6) is -0.817. The van der Waals surface area contributed by atoms with Crippen LogP contribution in [-0.4, -0.2) is 22.8 Å². The summed E-state index contributed by atoms with van der Waals surface area (Å²) < 4.78 is 0. The van der Waals surface area contributed by atoms with E-state index >= 15 is 0 Å². The Kier molecular flexibility index (Phi) is 4.49. The van der Waals surface area contributed by atoms with Gasteiger partial charge in [0.2, 0.25) is 0 Å². The van der Waals surface area contributed by atoms with E-state index in [-0.39, 0.29) is 6.04 Å². The maximum absolute atomic E-state index is 11.7. The van der Waals surface area contributed by atoms with Gasteiger partial charge in [0.25, 0.3) is 0 Å². The number of anilines is 1. The van der Waals surface area contributed by atoms with Gasteiger partial charge in [-0.1, -0.05) is 25.3 Å². The number of aromatic nitrogens is 1. The fraction of sp³-hybridized carbons (Fsp3) is 0.500. The molecule has 5 nitrogen and oxygen atoms in total. The first-order valence-electron chi connectivity index (χ1n) is 6.70. The molecule has 0 saturated heterocycles. The summed E-state index contributed by atoms with van der Waals surface area (Å²) in [6, 6.07) is 5.42. The van der Waals surface area contributed by atoms with E-state index in [9.17, 15) is 9.59 Å². The molecule has 0 atom stereocenters. The Morgan fingerprint density at radius 1 is 1.16 bits per heavy atom. The molecular weight excluding hydrogens is 242 g/mol. The molecule has 1 heterocycles. The second-order valence-corrected chi connectivity index (χ2v) is 4.93. The number of hydrogen-bond acceptors (Lipinski definition) is 3. The standard InChI is InChI=1S/C14H19N3O2/c1-10-6-5-9-12(15-10)17-14(19)13(18)16-11-7-3-2-4-8-11/h5-6,9,11H,2-4,7-8H2,1H3,(H,16,18)(H,15,17,19). The molecule has 0 radical (unpaired) electrons. The number of carbonyl (C=O) groups excluding carboxylic acids is 2. The summed E-state index contributed by atoms with van der Waals surface area (Å²) in [6.45, 7) is 1.83. The predicted molar refractivity (Wildman–Crippen MR) is 72.6 cm³/mol. The second kappa shape index (κ2) is 6.31. The minimum atomic E-state index is -0.649. The lowest BCUT2D eigenvalue weighted by atomic mass is 9.95. The third-order valence-electron chi connectivity index (χ3n) is 3.28. The van der Waals surface area contributed by atoms with Crippen LogP contribution >= 0.6 is 0 Å². The van der Waals surface area contributed by atoms with Crippen LogP contribution < -0.4 is 10.6 Å². The summed E-state index contributed by atoms with van der Waals surface area (Å²) in [6.07, 6.45) is 5.37. The number of aryl methyl sites for hydroxylation is 1. The quantitative estimate of drug-likeness (QED) is 0.797. The van der Waals surface area contributed by atoms with Gasteiger partial charge in [-0.2, -0.15) is 0 Å². The lowest BCUT2D eigenvalue weighted by molar-refractivity contribution is -0.136. The van der Waals surface area contributed by atoms with E-state index in [0.717, 1.165) is 31.4 Å². The molecule has 2 rings (SSSR count). The van der Waals surface area contributed by atoms with Crippen molar-refractivity contribution in [2.24, 2.45) is 0 Å². The van der Waals surface area contributed by atoms with Crippen molar-refractivity contribution in [2.75, 3.05) is 5.32 Å². The Labute approximate surface area is 112 Å². The van der Waals surface area contributed by atoms with Gasteiger partial charge >= 0.3 is 11.8 Å². The van der Waals surface area contributed by atoms with Crippen LogP contribution in [0.25, 0.3) is 0 Å². The molecule has 0 spiro atoms. The summed E-state index contributed by atoms with van der Waals surface area (Å²) in [4.78, 5) is 27.6. The lowest BCUT2D eigenvalue weighted by Gasteiger charge is -2.22. The van der Waals surface area contributed by atoms with Crippen LogP contribution in [0.1, 0.15) is 37.8 Å². The van der Waals surface area contributed by atoms with Crippen molar-refractivity contribution in [3.63, 3.8) is 0 Å². The van der Waals surface area contributed by atoms with Crippen LogP contribution in [0.4, 0.5) is 5.82 Å². The van der Waals surface area contributed by atoms with Crippen molar-refractivity contribution in [3.05, 3.63) is 23.9 Å². The Morgan fingerprint density at radius 3 is 2.58 bits per heavy atom. The molecule has 2 amide bonds. The smallest absolute Gasteiger partial charge is 0.314 e. The van der Waals surface area contributed by atoms with Gasteiger partial charge < -0.3 is 10.6 Å². The van der Waals surface area contributed by atoms with Crippen molar-refractivity contribution in [1.82, 2.24) is 10.3 Å². The van der Waals surface area contributed by atoms with Gasteiger partial charge in [-0.15, -0.1) is 0 Å². The normalized spacial score (nSPS) is 15.8. The van der Waals surface area contributed by atoms with Gasteiger partial charge in [-0.25, -0.2) is 4.98 Å². The first kappa shape index (κ1) is 13.5. The molecule has 5 heteroatoms. The lowest BCUT2D eigenvalue weighted by Crippen LogP contribution is -2.42. The largest absolute Gasteiger partial charge is 0.345 e. The van der Waals surface area contributed by atoms with Crippen LogP contribution in [-0.2, 0) is 9.59 Å². The number of nitrogens with one attached hydrogen (secondary N) is 2. The minimum absolute atomic E-state index is 0.137. The Hall–Kier alpha value is -1.91. The third kappa shape index (κ3) is 4.05.